The van der Waals surface area contributed by atoms with Crippen molar-refractivity contribution in [2.24, 2.45) is 5.92 Å². The van der Waals surface area contributed by atoms with Gasteiger partial charge in [0.2, 0.25) is 0 Å². The predicted octanol–water partition coefficient (Wildman–Crippen LogP) is 3.40. The molecule has 1 aromatic carbocycles. The smallest absolute Gasteiger partial charge is 0.113 e. The molecule has 1 nitrogen and oxygen atoms in total. The van der Waals surface area contributed by atoms with Crippen LogP contribution in [-0.2, 0) is 4.74 Å². The van der Waals surface area contributed by atoms with Crippen LogP contribution in [0.25, 0.3) is 0 Å². The third-order valence-corrected chi connectivity index (χ3v) is 2.83. The molecule has 1 heteroatoms. The van der Waals surface area contributed by atoms with Gasteiger partial charge in [-0.2, -0.15) is 0 Å². The molecule has 0 saturated heterocycles. The molecular formula is C13H17O. The van der Waals surface area contributed by atoms with E-state index in [-0.39, 0.29) is 0 Å². The van der Waals surface area contributed by atoms with Crippen molar-refractivity contribution in [2.75, 3.05) is 6.61 Å². The lowest BCUT2D eigenvalue weighted by atomic mass is 10.1. The Balaban J connectivity index is 1.67. The molecule has 1 aliphatic carbocycles. The van der Waals surface area contributed by atoms with E-state index >= 15 is 0 Å². The van der Waals surface area contributed by atoms with Crippen molar-refractivity contribution in [3.8, 4) is 0 Å². The quantitative estimate of drug-likeness (QED) is 0.705. The monoisotopic (exact) mass is 189 g/mol. The molecule has 0 aliphatic heterocycles. The Labute approximate surface area is 86.1 Å². The minimum absolute atomic E-state index is 0.801. The molecule has 0 N–H and O–H groups in total. The van der Waals surface area contributed by atoms with Crippen LogP contribution in [0.3, 0.4) is 0 Å². The minimum atomic E-state index is 0.801. The molecule has 0 heterocycles. The molecule has 0 spiro atoms. The molecule has 1 aliphatic rings. The maximum absolute atomic E-state index is 5.58. The molecule has 0 aromatic heterocycles. The van der Waals surface area contributed by atoms with Gasteiger partial charge in [-0.1, -0.05) is 43.2 Å². The fourth-order valence-electron chi connectivity index (χ4n) is 1.99. The highest BCUT2D eigenvalue weighted by Crippen LogP contribution is 2.25. The first-order chi connectivity index (χ1) is 6.95. The van der Waals surface area contributed by atoms with Gasteiger partial charge in [0.25, 0.3) is 0 Å². The van der Waals surface area contributed by atoms with Crippen molar-refractivity contribution < 1.29 is 4.74 Å². The van der Waals surface area contributed by atoms with E-state index in [1.807, 2.05) is 24.8 Å². The van der Waals surface area contributed by atoms with E-state index in [2.05, 4.69) is 12.1 Å². The summed E-state index contributed by atoms with van der Waals surface area (Å²) in [6.45, 7) is 2.77. The topological polar surface area (TPSA) is 9.23 Å². The first kappa shape index (κ1) is 9.72. The zero-order valence-corrected chi connectivity index (χ0v) is 8.49. The number of hydrogen-bond donors (Lipinski definition) is 0. The SMILES string of the molecule is [CH](OCC1CCCC1)c1ccccc1. The van der Waals surface area contributed by atoms with Crippen LogP contribution in [0.4, 0.5) is 0 Å². The molecule has 14 heavy (non-hydrogen) atoms. The van der Waals surface area contributed by atoms with Crippen molar-refractivity contribution >= 4 is 0 Å². The van der Waals surface area contributed by atoms with Crippen LogP contribution in [0.2, 0.25) is 0 Å². The molecule has 0 unspecified atom stereocenters. The molecule has 0 amide bonds. The lowest BCUT2D eigenvalue weighted by Crippen LogP contribution is -2.03. The van der Waals surface area contributed by atoms with Crippen LogP contribution in [0.15, 0.2) is 30.3 Å². The summed E-state index contributed by atoms with van der Waals surface area (Å²) in [7, 11) is 0. The summed E-state index contributed by atoms with van der Waals surface area (Å²) in [6, 6.07) is 10.2. The Kier molecular flexibility index (Phi) is 3.58. The Hall–Kier alpha value is -0.820. The first-order valence-electron chi connectivity index (χ1n) is 5.45. The summed E-state index contributed by atoms with van der Waals surface area (Å²) >= 11 is 0. The van der Waals surface area contributed by atoms with E-state index in [9.17, 15) is 0 Å². The molecule has 2 rings (SSSR count). The largest absolute Gasteiger partial charge is 0.370 e. The summed E-state index contributed by atoms with van der Waals surface area (Å²) in [5, 5.41) is 0. The van der Waals surface area contributed by atoms with Crippen LogP contribution >= 0.6 is 0 Å². The van der Waals surface area contributed by atoms with Gasteiger partial charge >= 0.3 is 0 Å². The van der Waals surface area contributed by atoms with Crippen molar-refractivity contribution in [1.82, 2.24) is 0 Å². The van der Waals surface area contributed by atoms with Crippen LogP contribution in [-0.4, -0.2) is 6.61 Å². The van der Waals surface area contributed by atoms with Gasteiger partial charge in [-0.25, -0.2) is 0 Å². The van der Waals surface area contributed by atoms with Crippen LogP contribution in [0.5, 0.6) is 0 Å². The van der Waals surface area contributed by atoms with Gasteiger partial charge in [-0.3, -0.25) is 0 Å². The van der Waals surface area contributed by atoms with E-state index < -0.39 is 0 Å². The summed E-state index contributed by atoms with van der Waals surface area (Å²) < 4.78 is 5.58. The Bertz CT molecular complexity index is 249. The summed E-state index contributed by atoms with van der Waals surface area (Å²) in [4.78, 5) is 0. The lowest BCUT2D eigenvalue weighted by molar-refractivity contribution is 0.167. The fraction of sp³-hybridized carbons (Fsp3) is 0.462. The molecule has 1 aromatic rings. The third-order valence-electron chi connectivity index (χ3n) is 2.83. The second-order valence-corrected chi connectivity index (χ2v) is 4.01. The van der Waals surface area contributed by atoms with Crippen LogP contribution in [0, 0.1) is 12.5 Å². The van der Waals surface area contributed by atoms with Gasteiger partial charge in [0.15, 0.2) is 0 Å². The molecule has 75 valence electrons. The highest BCUT2D eigenvalue weighted by molar-refractivity contribution is 5.19. The number of rotatable bonds is 4. The molecule has 1 fully saturated rings. The maximum atomic E-state index is 5.58. The summed E-state index contributed by atoms with van der Waals surface area (Å²) in [5.74, 6) is 0.801. The van der Waals surface area contributed by atoms with E-state index in [1.165, 1.54) is 25.7 Å². The molecule has 0 atom stereocenters. The van der Waals surface area contributed by atoms with Crippen LogP contribution in [0.1, 0.15) is 31.2 Å². The minimum Gasteiger partial charge on any atom is -0.370 e. The van der Waals surface area contributed by atoms with E-state index in [0.717, 1.165) is 18.1 Å². The van der Waals surface area contributed by atoms with Crippen molar-refractivity contribution in [3.63, 3.8) is 0 Å². The normalized spacial score (nSPS) is 17.4. The van der Waals surface area contributed by atoms with Gasteiger partial charge in [-0.15, -0.1) is 0 Å². The second-order valence-electron chi connectivity index (χ2n) is 4.01. The lowest BCUT2D eigenvalue weighted by Gasteiger charge is -2.08. The third kappa shape index (κ3) is 2.85. The Morgan fingerprint density at radius 1 is 1.14 bits per heavy atom. The zero-order valence-electron chi connectivity index (χ0n) is 8.49. The zero-order chi connectivity index (χ0) is 9.64. The maximum Gasteiger partial charge on any atom is 0.113 e. The molecule has 0 bridgehead atoms. The Morgan fingerprint density at radius 3 is 2.57 bits per heavy atom. The van der Waals surface area contributed by atoms with Gasteiger partial charge in [0.1, 0.15) is 6.61 Å². The van der Waals surface area contributed by atoms with Crippen molar-refractivity contribution in [1.29, 1.82) is 0 Å². The molecule has 1 radical (unpaired) electrons. The van der Waals surface area contributed by atoms with E-state index in [4.69, 9.17) is 4.74 Å². The number of ether oxygens (including phenoxy) is 1. The van der Waals surface area contributed by atoms with Gasteiger partial charge < -0.3 is 4.74 Å². The average Bonchev–Trinajstić information content (AvgIpc) is 2.72. The fourth-order valence-corrected chi connectivity index (χ4v) is 1.99. The Morgan fingerprint density at radius 2 is 1.86 bits per heavy atom. The van der Waals surface area contributed by atoms with Crippen molar-refractivity contribution in [3.05, 3.63) is 42.5 Å². The highest BCUT2D eigenvalue weighted by atomic mass is 16.5. The van der Waals surface area contributed by atoms with Gasteiger partial charge in [0.05, 0.1) is 6.61 Å². The standard InChI is InChI=1S/C13H17O/c1-2-6-12(7-3-1)10-14-11-13-8-4-5-9-13/h1-3,6-7,10,13H,4-5,8-9,11H2. The predicted molar refractivity (Wildman–Crippen MR) is 57.8 cm³/mol. The highest BCUT2D eigenvalue weighted by Gasteiger charge is 2.14. The number of hydrogen-bond acceptors (Lipinski definition) is 1. The van der Waals surface area contributed by atoms with Gasteiger partial charge in [-0.05, 0) is 24.3 Å². The van der Waals surface area contributed by atoms with Crippen LogP contribution < -0.4 is 0 Å². The average molecular weight is 189 g/mol. The second kappa shape index (κ2) is 5.16. The first-order valence-corrected chi connectivity index (χ1v) is 5.45. The summed E-state index contributed by atoms with van der Waals surface area (Å²) in [6.07, 6.45) is 5.48. The van der Waals surface area contributed by atoms with E-state index in [1.54, 1.807) is 0 Å². The van der Waals surface area contributed by atoms with Crippen molar-refractivity contribution in [2.45, 2.75) is 25.7 Å². The van der Waals surface area contributed by atoms with Gasteiger partial charge in [0, 0.05) is 0 Å². The number of benzene rings is 1. The molecular weight excluding hydrogens is 172 g/mol. The molecule has 1 saturated carbocycles. The summed E-state index contributed by atoms with van der Waals surface area (Å²) in [5.41, 5.74) is 1.16. The van der Waals surface area contributed by atoms with E-state index in [0.29, 0.717) is 0 Å².